The molecule has 0 aromatic carbocycles. The van der Waals surface area contributed by atoms with E-state index in [9.17, 15) is 51.1 Å². The molecule has 206 valence electrons. The Hall–Kier alpha value is -0.640. The van der Waals surface area contributed by atoms with Crippen LogP contribution in [0.3, 0.4) is 0 Å². The first-order chi connectivity index (χ1) is 16.5. The van der Waals surface area contributed by atoms with E-state index in [0.717, 1.165) is 0 Å². The quantitative estimate of drug-likeness (QED) is 0.143. The second kappa shape index (κ2) is 12.3. The van der Waals surface area contributed by atoms with E-state index in [0.29, 0.717) is 0 Å². The first-order valence-electron chi connectivity index (χ1n) is 11.0. The van der Waals surface area contributed by atoms with Gasteiger partial charge in [-0.15, -0.1) is 0 Å². The topological polar surface area (TPSA) is 258 Å². The zero-order valence-electron chi connectivity index (χ0n) is 18.7. The third-order valence-electron chi connectivity index (χ3n) is 6.29. The number of aliphatic hydroxyl groups is 10. The predicted molar refractivity (Wildman–Crippen MR) is 106 cm³/mol. The van der Waals surface area contributed by atoms with Gasteiger partial charge in [0.05, 0.1) is 19.8 Å². The Labute approximate surface area is 199 Å². The normalized spacial score (nSPS) is 51.3. The highest BCUT2D eigenvalue weighted by atomic mass is 16.8. The molecule has 3 aliphatic rings. The third kappa shape index (κ3) is 5.93. The maximum absolute atomic E-state index is 10.6. The molecule has 3 saturated heterocycles. The fraction of sp³-hybridized carbons (Fsp3) is 1.00. The fourth-order valence-corrected chi connectivity index (χ4v) is 4.11. The van der Waals surface area contributed by atoms with Gasteiger partial charge in [0.2, 0.25) is 0 Å². The minimum absolute atomic E-state index is 0.506. The highest BCUT2D eigenvalue weighted by Crippen LogP contribution is 2.30. The molecular formula is C19H34O16. The molecule has 0 saturated carbocycles. The second-order valence-corrected chi connectivity index (χ2v) is 8.59. The van der Waals surface area contributed by atoms with Gasteiger partial charge in [-0.25, -0.2) is 0 Å². The molecule has 3 fully saturated rings. The molecule has 0 aromatic heterocycles. The molecule has 0 aromatic rings. The van der Waals surface area contributed by atoms with Crippen molar-refractivity contribution >= 4 is 0 Å². The molecule has 0 radical (unpaired) electrons. The van der Waals surface area contributed by atoms with Gasteiger partial charge in [0.1, 0.15) is 73.2 Å². The second-order valence-electron chi connectivity index (χ2n) is 8.59. The number of rotatable bonds is 8. The van der Waals surface area contributed by atoms with E-state index in [-0.39, 0.29) is 0 Å². The SMILES string of the molecule is COC1OC(COC2OC(CO)C(O)C(O)C2O)C(O)C(O)C1OC1OC(CO)C(O)C(O)C1O. The van der Waals surface area contributed by atoms with Gasteiger partial charge in [0, 0.05) is 7.11 Å². The molecular weight excluding hydrogens is 484 g/mol. The average Bonchev–Trinajstić information content (AvgIpc) is 2.85. The van der Waals surface area contributed by atoms with Gasteiger partial charge < -0.3 is 79.5 Å². The largest absolute Gasteiger partial charge is 0.394 e. The number of hydrogen-bond acceptors (Lipinski definition) is 16. The maximum atomic E-state index is 10.6. The summed E-state index contributed by atoms with van der Waals surface area (Å²) in [5.41, 5.74) is 0. The van der Waals surface area contributed by atoms with Crippen molar-refractivity contribution in [1.29, 1.82) is 0 Å². The Morgan fingerprint density at radius 1 is 0.543 bits per heavy atom. The van der Waals surface area contributed by atoms with Crippen LogP contribution in [0.4, 0.5) is 0 Å². The molecule has 3 rings (SSSR count). The van der Waals surface area contributed by atoms with Gasteiger partial charge in [-0.2, -0.15) is 0 Å². The monoisotopic (exact) mass is 518 g/mol. The van der Waals surface area contributed by atoms with Crippen LogP contribution in [0.5, 0.6) is 0 Å². The first-order valence-corrected chi connectivity index (χ1v) is 11.0. The fourth-order valence-electron chi connectivity index (χ4n) is 4.11. The molecule has 35 heavy (non-hydrogen) atoms. The molecule has 16 nitrogen and oxygen atoms in total. The van der Waals surface area contributed by atoms with Crippen LogP contribution in [0, 0.1) is 0 Å². The van der Waals surface area contributed by atoms with Gasteiger partial charge in [0.25, 0.3) is 0 Å². The van der Waals surface area contributed by atoms with Gasteiger partial charge in [0.15, 0.2) is 18.9 Å². The van der Waals surface area contributed by atoms with E-state index in [1.54, 1.807) is 0 Å². The molecule has 0 amide bonds. The Morgan fingerprint density at radius 2 is 1.00 bits per heavy atom. The van der Waals surface area contributed by atoms with Gasteiger partial charge in [-0.3, -0.25) is 0 Å². The van der Waals surface area contributed by atoms with Crippen molar-refractivity contribution in [2.75, 3.05) is 26.9 Å². The van der Waals surface area contributed by atoms with Crippen molar-refractivity contribution in [1.82, 2.24) is 0 Å². The summed E-state index contributed by atoms with van der Waals surface area (Å²) < 4.78 is 32.0. The van der Waals surface area contributed by atoms with Gasteiger partial charge in [-0.1, -0.05) is 0 Å². The van der Waals surface area contributed by atoms with Crippen LogP contribution in [-0.2, 0) is 28.4 Å². The van der Waals surface area contributed by atoms with Crippen LogP contribution in [0.2, 0.25) is 0 Å². The molecule has 16 heteroatoms. The summed E-state index contributed by atoms with van der Waals surface area (Å²) in [5.74, 6) is 0. The number of aliphatic hydroxyl groups excluding tert-OH is 10. The summed E-state index contributed by atoms with van der Waals surface area (Å²) in [4.78, 5) is 0. The summed E-state index contributed by atoms with van der Waals surface area (Å²) in [5, 5.41) is 99.5. The van der Waals surface area contributed by atoms with E-state index in [2.05, 4.69) is 0 Å². The van der Waals surface area contributed by atoms with E-state index in [1.165, 1.54) is 7.11 Å². The Bertz CT molecular complexity index is 648. The van der Waals surface area contributed by atoms with Gasteiger partial charge in [-0.05, 0) is 0 Å². The lowest BCUT2D eigenvalue weighted by Crippen LogP contribution is -2.65. The van der Waals surface area contributed by atoms with E-state index in [1.807, 2.05) is 0 Å². The summed E-state index contributed by atoms with van der Waals surface area (Å²) in [7, 11) is 1.19. The standard InChI is InChI=1S/C19H34O16/c1-30-19-16(35-18-15(29)12(26)9(23)6(3-21)33-18)13(27)10(24)7(34-19)4-31-17-14(28)11(25)8(22)5(2-20)32-17/h5-29H,2-4H2,1H3. The average molecular weight is 518 g/mol. The zero-order valence-corrected chi connectivity index (χ0v) is 18.7. The van der Waals surface area contributed by atoms with Gasteiger partial charge >= 0.3 is 0 Å². The van der Waals surface area contributed by atoms with Crippen LogP contribution in [0.25, 0.3) is 0 Å². The highest BCUT2D eigenvalue weighted by molar-refractivity contribution is 4.94. The smallest absolute Gasteiger partial charge is 0.187 e. The number of methoxy groups -OCH3 is 1. The number of ether oxygens (including phenoxy) is 6. The van der Waals surface area contributed by atoms with E-state index < -0.39 is 112 Å². The Balaban J connectivity index is 1.63. The molecule has 0 bridgehead atoms. The van der Waals surface area contributed by atoms with E-state index >= 15 is 0 Å². The Kier molecular flexibility index (Phi) is 10.1. The zero-order chi connectivity index (χ0) is 26.0. The molecule has 10 N–H and O–H groups in total. The molecule has 3 aliphatic heterocycles. The Morgan fingerprint density at radius 3 is 1.51 bits per heavy atom. The molecule has 0 aliphatic carbocycles. The van der Waals surface area contributed by atoms with Crippen molar-refractivity contribution in [3.05, 3.63) is 0 Å². The van der Waals surface area contributed by atoms with Crippen molar-refractivity contribution < 1.29 is 79.5 Å². The van der Waals surface area contributed by atoms with E-state index in [4.69, 9.17) is 28.4 Å². The van der Waals surface area contributed by atoms with Crippen LogP contribution in [0.1, 0.15) is 0 Å². The molecule has 0 spiro atoms. The summed E-state index contributed by atoms with van der Waals surface area (Å²) >= 11 is 0. The molecule has 15 atom stereocenters. The minimum Gasteiger partial charge on any atom is -0.394 e. The van der Waals surface area contributed by atoms with Crippen molar-refractivity contribution in [2.24, 2.45) is 0 Å². The van der Waals surface area contributed by atoms with Crippen LogP contribution >= 0.6 is 0 Å². The lowest BCUT2D eigenvalue weighted by Gasteiger charge is -2.46. The van der Waals surface area contributed by atoms with Crippen molar-refractivity contribution in [3.8, 4) is 0 Å². The molecule has 15 unspecified atom stereocenters. The summed E-state index contributed by atoms with van der Waals surface area (Å²) in [6, 6.07) is 0. The maximum Gasteiger partial charge on any atom is 0.187 e. The lowest BCUT2D eigenvalue weighted by atomic mass is 9.97. The lowest BCUT2D eigenvalue weighted by molar-refractivity contribution is -0.369. The highest BCUT2D eigenvalue weighted by Gasteiger charge is 2.51. The summed E-state index contributed by atoms with van der Waals surface area (Å²) in [6.45, 7) is -1.88. The van der Waals surface area contributed by atoms with Crippen LogP contribution in [-0.4, -0.2) is 170 Å². The predicted octanol–water partition coefficient (Wildman–Crippen LogP) is -6.92. The van der Waals surface area contributed by atoms with Crippen LogP contribution < -0.4 is 0 Å². The van der Waals surface area contributed by atoms with Crippen LogP contribution in [0.15, 0.2) is 0 Å². The first kappa shape index (κ1) is 28.9. The summed E-state index contributed by atoms with van der Waals surface area (Å²) in [6.07, 6.45) is -23.3. The molecule has 3 heterocycles. The minimum atomic E-state index is -1.78. The number of hydrogen-bond donors (Lipinski definition) is 10. The third-order valence-corrected chi connectivity index (χ3v) is 6.29. The van der Waals surface area contributed by atoms with Crippen molar-refractivity contribution in [3.63, 3.8) is 0 Å². The van der Waals surface area contributed by atoms with Crippen molar-refractivity contribution in [2.45, 2.75) is 92.1 Å².